The summed E-state index contributed by atoms with van der Waals surface area (Å²) in [4.78, 5) is 24.4. The number of aliphatic carboxylic acids is 1. The summed E-state index contributed by atoms with van der Waals surface area (Å²) in [5.74, 6) is -0.688. The van der Waals surface area contributed by atoms with Crippen molar-refractivity contribution in [2.75, 3.05) is 0 Å². The summed E-state index contributed by atoms with van der Waals surface area (Å²) in [5, 5.41) is 9.54. The number of nitrogens with zero attached hydrogens (tertiary/aromatic N) is 1. The highest BCUT2D eigenvalue weighted by Gasteiger charge is 2.55. The van der Waals surface area contributed by atoms with Gasteiger partial charge in [-0.25, -0.2) is 4.79 Å². The van der Waals surface area contributed by atoms with E-state index in [1.54, 1.807) is 4.90 Å². The lowest BCUT2D eigenvalue weighted by Gasteiger charge is -2.39. The van der Waals surface area contributed by atoms with E-state index < -0.39 is 11.5 Å². The zero-order chi connectivity index (χ0) is 11.8. The minimum absolute atomic E-state index is 0.121. The van der Waals surface area contributed by atoms with Crippen LogP contribution in [0.1, 0.15) is 45.4 Å². The lowest BCUT2D eigenvalue weighted by molar-refractivity contribution is -0.159. The number of carbonyl (C=O) groups excluding carboxylic acids is 1. The first kappa shape index (κ1) is 11.4. The van der Waals surface area contributed by atoms with Crippen LogP contribution in [0.15, 0.2) is 0 Å². The Morgan fingerprint density at radius 1 is 1.50 bits per heavy atom. The van der Waals surface area contributed by atoms with Crippen LogP contribution >= 0.6 is 0 Å². The molecule has 2 unspecified atom stereocenters. The second-order valence-electron chi connectivity index (χ2n) is 4.97. The Kier molecular flexibility index (Phi) is 2.91. The van der Waals surface area contributed by atoms with E-state index in [1.807, 2.05) is 6.92 Å². The minimum Gasteiger partial charge on any atom is -0.479 e. The Morgan fingerprint density at radius 2 is 2.19 bits per heavy atom. The van der Waals surface area contributed by atoms with Crippen LogP contribution in [0, 0.1) is 5.92 Å². The molecule has 2 aliphatic carbocycles. The molecule has 0 bridgehead atoms. The fourth-order valence-electron chi connectivity index (χ4n) is 3.19. The van der Waals surface area contributed by atoms with Gasteiger partial charge in [-0.2, -0.15) is 0 Å². The number of hydrogen-bond donors (Lipinski definition) is 1. The van der Waals surface area contributed by atoms with E-state index in [-0.39, 0.29) is 12.0 Å². The Morgan fingerprint density at radius 3 is 2.62 bits per heavy atom. The predicted molar refractivity (Wildman–Crippen MR) is 58.9 cm³/mol. The minimum atomic E-state index is -0.905. The molecule has 2 fully saturated rings. The largest absolute Gasteiger partial charge is 0.479 e. The Balaban J connectivity index is 2.32. The van der Waals surface area contributed by atoms with Gasteiger partial charge in [0.15, 0.2) is 0 Å². The summed E-state index contributed by atoms with van der Waals surface area (Å²) < 4.78 is 0. The van der Waals surface area contributed by atoms with Gasteiger partial charge in [0, 0.05) is 6.04 Å². The number of carbonyl (C=O) groups is 2. The molecule has 1 amide bonds. The molecule has 2 saturated carbocycles. The molecule has 1 N–H and O–H groups in total. The van der Waals surface area contributed by atoms with Gasteiger partial charge in [0.1, 0.15) is 5.54 Å². The van der Waals surface area contributed by atoms with Gasteiger partial charge in [-0.15, -0.1) is 0 Å². The molecule has 0 aliphatic heterocycles. The molecule has 0 saturated heterocycles. The molecule has 16 heavy (non-hydrogen) atoms. The van der Waals surface area contributed by atoms with Crippen LogP contribution in [0.25, 0.3) is 0 Å². The van der Waals surface area contributed by atoms with E-state index in [0.29, 0.717) is 6.42 Å². The topological polar surface area (TPSA) is 57.6 Å². The second-order valence-corrected chi connectivity index (χ2v) is 4.97. The van der Waals surface area contributed by atoms with Crippen molar-refractivity contribution in [2.45, 2.75) is 57.0 Å². The van der Waals surface area contributed by atoms with Crippen molar-refractivity contribution >= 4 is 12.4 Å². The normalized spacial score (nSPS) is 33.7. The Labute approximate surface area is 95.6 Å². The van der Waals surface area contributed by atoms with Crippen LogP contribution in [0.5, 0.6) is 0 Å². The van der Waals surface area contributed by atoms with Crippen molar-refractivity contribution in [3.63, 3.8) is 0 Å². The van der Waals surface area contributed by atoms with Crippen LogP contribution in [-0.4, -0.2) is 34.0 Å². The number of amides is 1. The smallest absolute Gasteiger partial charge is 0.329 e. The van der Waals surface area contributed by atoms with Crippen LogP contribution in [0.4, 0.5) is 0 Å². The summed E-state index contributed by atoms with van der Waals surface area (Å²) in [6, 6.07) is 0.181. The number of carboxylic acid groups (broad SMARTS) is 1. The monoisotopic (exact) mass is 225 g/mol. The SMILES string of the molecule is CCC1CCCC1(C(=O)O)N(C=O)C1CC1. The van der Waals surface area contributed by atoms with Crippen molar-refractivity contribution in [2.24, 2.45) is 5.92 Å². The summed E-state index contributed by atoms with van der Waals surface area (Å²) >= 11 is 0. The highest BCUT2D eigenvalue weighted by molar-refractivity contribution is 5.82. The molecule has 0 aromatic rings. The van der Waals surface area contributed by atoms with Gasteiger partial charge in [0.05, 0.1) is 0 Å². The maximum absolute atomic E-state index is 11.6. The van der Waals surface area contributed by atoms with Crippen molar-refractivity contribution in [3.8, 4) is 0 Å². The summed E-state index contributed by atoms with van der Waals surface area (Å²) in [5.41, 5.74) is -0.905. The average Bonchev–Trinajstić information content (AvgIpc) is 2.98. The Hall–Kier alpha value is -1.06. The highest BCUT2D eigenvalue weighted by Crippen LogP contribution is 2.46. The molecule has 2 atom stereocenters. The van der Waals surface area contributed by atoms with Gasteiger partial charge >= 0.3 is 5.97 Å². The zero-order valence-corrected chi connectivity index (χ0v) is 9.69. The van der Waals surface area contributed by atoms with Crippen LogP contribution in [-0.2, 0) is 9.59 Å². The third-order valence-corrected chi connectivity index (χ3v) is 4.16. The Bertz CT molecular complexity index is 301. The van der Waals surface area contributed by atoms with E-state index in [4.69, 9.17) is 0 Å². The number of carboxylic acids is 1. The second kappa shape index (κ2) is 4.07. The predicted octanol–water partition coefficient (Wildman–Crippen LogP) is 1.64. The quantitative estimate of drug-likeness (QED) is 0.724. The lowest BCUT2D eigenvalue weighted by atomic mass is 9.83. The molecule has 4 heteroatoms. The summed E-state index contributed by atoms with van der Waals surface area (Å²) in [7, 11) is 0. The van der Waals surface area contributed by atoms with Crippen LogP contribution in [0.2, 0.25) is 0 Å². The molecule has 4 nitrogen and oxygen atoms in total. The van der Waals surface area contributed by atoms with Crippen molar-refractivity contribution in [1.82, 2.24) is 4.90 Å². The van der Waals surface area contributed by atoms with Crippen LogP contribution < -0.4 is 0 Å². The van der Waals surface area contributed by atoms with Gasteiger partial charge < -0.3 is 10.0 Å². The van der Waals surface area contributed by atoms with Gasteiger partial charge in [0.2, 0.25) is 6.41 Å². The lowest BCUT2D eigenvalue weighted by Crippen LogP contribution is -2.57. The standard InChI is InChI=1S/C12H19NO3/c1-2-9-4-3-7-12(9,11(15)16)13(8-14)10-5-6-10/h8-10H,2-7H2,1H3,(H,15,16). The molecular weight excluding hydrogens is 206 g/mol. The maximum atomic E-state index is 11.6. The fraction of sp³-hybridized carbons (Fsp3) is 0.833. The van der Waals surface area contributed by atoms with E-state index in [0.717, 1.165) is 38.5 Å². The van der Waals surface area contributed by atoms with E-state index in [1.165, 1.54) is 0 Å². The molecule has 2 rings (SSSR count). The first-order chi connectivity index (χ1) is 7.66. The maximum Gasteiger partial charge on any atom is 0.329 e. The highest BCUT2D eigenvalue weighted by atomic mass is 16.4. The number of hydrogen-bond acceptors (Lipinski definition) is 2. The zero-order valence-electron chi connectivity index (χ0n) is 9.69. The third kappa shape index (κ3) is 1.51. The fourth-order valence-corrected chi connectivity index (χ4v) is 3.19. The molecule has 0 aromatic carbocycles. The van der Waals surface area contributed by atoms with Crippen molar-refractivity contribution in [1.29, 1.82) is 0 Å². The van der Waals surface area contributed by atoms with E-state index in [2.05, 4.69) is 0 Å². The van der Waals surface area contributed by atoms with Gasteiger partial charge in [0.25, 0.3) is 0 Å². The van der Waals surface area contributed by atoms with Gasteiger partial charge in [-0.1, -0.05) is 19.8 Å². The summed E-state index contributed by atoms with van der Waals surface area (Å²) in [6.45, 7) is 2.02. The molecule has 0 aromatic heterocycles. The number of rotatable bonds is 5. The molecular formula is C12H19NO3. The molecule has 0 radical (unpaired) electrons. The molecule has 2 aliphatic rings. The van der Waals surface area contributed by atoms with Gasteiger partial charge in [-0.05, 0) is 31.6 Å². The first-order valence-electron chi connectivity index (χ1n) is 6.14. The summed E-state index contributed by atoms with van der Waals surface area (Å²) in [6.07, 6.45) is 6.00. The third-order valence-electron chi connectivity index (χ3n) is 4.16. The van der Waals surface area contributed by atoms with Crippen molar-refractivity contribution in [3.05, 3.63) is 0 Å². The van der Waals surface area contributed by atoms with E-state index >= 15 is 0 Å². The van der Waals surface area contributed by atoms with Gasteiger partial charge in [-0.3, -0.25) is 4.79 Å². The van der Waals surface area contributed by atoms with Crippen molar-refractivity contribution < 1.29 is 14.7 Å². The molecule has 0 spiro atoms. The average molecular weight is 225 g/mol. The molecule has 90 valence electrons. The van der Waals surface area contributed by atoms with Crippen LogP contribution in [0.3, 0.4) is 0 Å². The van der Waals surface area contributed by atoms with E-state index in [9.17, 15) is 14.7 Å². The first-order valence-corrected chi connectivity index (χ1v) is 6.14. The molecule has 0 heterocycles.